The molecule has 106 heavy (non-hydrogen) atoms. The summed E-state index contributed by atoms with van der Waals surface area (Å²) in [7, 11) is 0. The summed E-state index contributed by atoms with van der Waals surface area (Å²) in [5, 5.41) is 5.20. The molecule has 0 unspecified atom stereocenters. The molecule has 4 aliphatic rings. The van der Waals surface area contributed by atoms with Crippen LogP contribution in [-0.2, 0) is 0 Å². The number of hydrogen-bond acceptors (Lipinski definition) is 6. The van der Waals surface area contributed by atoms with Gasteiger partial charge in [0.2, 0.25) is 0 Å². The summed E-state index contributed by atoms with van der Waals surface area (Å²) in [5.41, 5.74) is 27.9. The first-order valence-electron chi connectivity index (χ1n) is 36.3. The second-order valence-electron chi connectivity index (χ2n) is 27.8. The van der Waals surface area contributed by atoms with Crippen LogP contribution in [0.25, 0.3) is 60.8 Å². The van der Waals surface area contributed by atoms with Crippen LogP contribution in [0.15, 0.2) is 370 Å². The molecule has 6 heterocycles. The molecule has 494 valence electrons. The van der Waals surface area contributed by atoms with Gasteiger partial charge in [0.15, 0.2) is 0 Å². The number of nitrogens with zero attached hydrogens (tertiary/aromatic N) is 5. The van der Waals surface area contributed by atoms with E-state index in [4.69, 9.17) is 4.74 Å². The largest absolute Gasteiger partial charge is 0.0616 e. The minimum absolute atomic E-state index is 0.133. The molecule has 0 radical (unpaired) electrons. The predicted octanol–water partition coefficient (Wildman–Crippen LogP) is 21.2. The third-order valence-corrected chi connectivity index (χ3v) is 26.8. The fourth-order valence-electron chi connectivity index (χ4n) is 17.7. The van der Waals surface area contributed by atoms with Gasteiger partial charge in [0.1, 0.15) is 0 Å². The van der Waals surface area contributed by atoms with Crippen LogP contribution in [0.1, 0.15) is 0 Å². The molecule has 0 saturated carbocycles. The fourth-order valence-corrected chi connectivity index (χ4v) is 22.4. The molecule has 0 atom stereocenters. The summed E-state index contributed by atoms with van der Waals surface area (Å²) in [6, 6.07) is 138. The van der Waals surface area contributed by atoms with Crippen molar-refractivity contribution in [2.75, 3.05) is 24.5 Å². The second kappa shape index (κ2) is 24.6. The molecule has 6 nitrogen and oxygen atoms in total. The van der Waals surface area contributed by atoms with E-state index < -0.39 is 0 Å². The van der Waals surface area contributed by atoms with Crippen molar-refractivity contribution in [3.8, 4) is 33.8 Å². The molecule has 18 aromatic rings. The van der Waals surface area contributed by atoms with Crippen LogP contribution in [0.5, 0.6) is 11.5 Å². The summed E-state index contributed by atoms with van der Waals surface area (Å²) < 4.78 is 13.8. The average Bonchev–Trinajstić information content (AvgIpc) is 0.763. The molecule has 0 spiro atoms. The molecular formula is C96H61B2N5OSe2. The zero-order chi connectivity index (χ0) is 69.5. The van der Waals surface area contributed by atoms with Gasteiger partial charge in [-0.25, -0.2) is 0 Å². The molecule has 0 amide bonds. The van der Waals surface area contributed by atoms with Crippen LogP contribution in [-0.4, -0.2) is 42.4 Å². The second-order valence-corrected chi connectivity index (χ2v) is 32.3. The van der Waals surface area contributed by atoms with Gasteiger partial charge in [-0.1, -0.05) is 152 Å². The Morgan fingerprint density at radius 1 is 0.264 bits per heavy atom. The summed E-state index contributed by atoms with van der Waals surface area (Å²) >= 11 is 0.274. The predicted molar refractivity (Wildman–Crippen MR) is 450 cm³/mol. The number of benzene rings is 16. The maximum absolute atomic E-state index is 8.19. The van der Waals surface area contributed by atoms with Crippen molar-refractivity contribution in [3.05, 3.63) is 370 Å². The van der Waals surface area contributed by atoms with Gasteiger partial charge in [-0.15, -0.1) is 0 Å². The van der Waals surface area contributed by atoms with Gasteiger partial charge >= 0.3 is 348 Å². The van der Waals surface area contributed by atoms with E-state index in [-0.39, 0.29) is 42.4 Å². The number of fused-ring (bicyclic) bond motifs is 14. The normalized spacial score (nSPS) is 12.9. The smallest absolute Gasteiger partial charge is 0.0543 e. The van der Waals surface area contributed by atoms with Gasteiger partial charge in [-0.05, 0) is 65.7 Å². The van der Waals surface area contributed by atoms with Crippen molar-refractivity contribution in [1.29, 1.82) is 0 Å². The maximum atomic E-state index is 8.19. The van der Waals surface area contributed by atoms with E-state index in [0.29, 0.717) is 0 Å². The van der Waals surface area contributed by atoms with Crippen LogP contribution in [0.3, 0.4) is 0 Å². The summed E-state index contributed by atoms with van der Waals surface area (Å²) in [5.74, 6) is 1.64. The summed E-state index contributed by atoms with van der Waals surface area (Å²) in [6.07, 6.45) is 0. The van der Waals surface area contributed by atoms with E-state index >= 15 is 0 Å². The van der Waals surface area contributed by atoms with E-state index in [1.807, 2.05) is 0 Å². The maximum Gasteiger partial charge on any atom is -0.0543 e. The number of hydrogen-bond donors (Lipinski definition) is 0. The van der Waals surface area contributed by atoms with Crippen molar-refractivity contribution >= 4 is 199 Å². The Morgan fingerprint density at radius 3 is 1.32 bits per heavy atom. The monoisotopic (exact) mass is 1480 g/mol. The Balaban J connectivity index is 0.866. The summed E-state index contributed by atoms with van der Waals surface area (Å²) in [6.45, 7) is -0.503. The molecular weight excluding hydrogens is 1420 g/mol. The van der Waals surface area contributed by atoms with Gasteiger partial charge < -0.3 is 9.80 Å². The van der Waals surface area contributed by atoms with Crippen molar-refractivity contribution in [1.82, 2.24) is 0 Å². The van der Waals surface area contributed by atoms with Crippen molar-refractivity contribution in [3.63, 3.8) is 0 Å². The van der Waals surface area contributed by atoms with E-state index in [0.717, 1.165) is 124 Å². The minimum atomic E-state index is -0.257. The molecule has 10 heteroatoms. The molecule has 22 rings (SSSR count). The number of para-hydroxylation sites is 7. The van der Waals surface area contributed by atoms with Gasteiger partial charge in [-0.3, -0.25) is 0 Å². The Morgan fingerprint density at radius 2 is 0.708 bits per heavy atom. The van der Waals surface area contributed by atoms with Crippen LogP contribution in [0.4, 0.5) is 85.3 Å². The van der Waals surface area contributed by atoms with Gasteiger partial charge in [-0.2, -0.15) is 0 Å². The van der Waals surface area contributed by atoms with E-state index in [1.54, 1.807) is 0 Å². The number of ether oxygens (including phenoxy) is 1. The standard InChI is InChI=1S/C96H61B2N5OSe2/c1-7-30-62(31-8-1)70-44-27-45-71(63-32-9-2-10-33-63)96(70)103-82-61-86-77(60-76(82)97-74-46-21-23-48-78(74)101(67-40-17-6-18-41-67)83-56-68(57-84(103)94(83)97)99(64-34-11-3-12-35-64)65-36-13-4-14-37-65)98-75-47-22-24-49-79(75)102(81-51-29-55-91-93(81)73-43-20-26-53-89(73)106-91)85-58-69(59-87(104-86)95(85)98)100(66-38-15-5-16-39-66)80-50-28-54-90-92(80)72-42-19-25-52-88(72)105-90/h1-61H. The first-order chi connectivity index (χ1) is 52.6. The SMILES string of the molecule is c1ccc(-c2cccc(-c3ccccc3)c2N2c3cc4c(cc3B3c5ccccc5N(c5ccccc5)c5cc(N(c6ccccc6)c6ccccc6)cc2c53)B2c3ccccc3N(c3cccc5[se]c6ccccc6c35)c3cc(N(c5ccccc5)c5cccc6[se]c7ccccc7c56)cc(c32)O4)cc1. The molecule has 16 aromatic carbocycles. The van der Waals surface area contributed by atoms with Crippen LogP contribution >= 0.6 is 0 Å². The molecule has 2 aromatic heterocycles. The molecule has 0 aliphatic carbocycles. The number of rotatable bonds is 11. The van der Waals surface area contributed by atoms with E-state index in [2.05, 4.69) is 395 Å². The van der Waals surface area contributed by atoms with Crippen molar-refractivity contribution < 1.29 is 4.74 Å². The third-order valence-electron chi connectivity index (χ3n) is 22.0. The topological polar surface area (TPSA) is 25.4 Å². The Labute approximate surface area is 627 Å². The van der Waals surface area contributed by atoms with Gasteiger partial charge in [0.25, 0.3) is 0 Å². The minimum Gasteiger partial charge on any atom is -0.0616 e. The number of anilines is 15. The van der Waals surface area contributed by atoms with Gasteiger partial charge in [0.05, 0.1) is 11.4 Å². The first-order valence-corrected chi connectivity index (χ1v) is 39.7. The van der Waals surface area contributed by atoms with Gasteiger partial charge in [0, 0.05) is 45.3 Å². The average molecular weight is 1480 g/mol. The molecule has 0 N–H and O–H groups in total. The Hall–Kier alpha value is -12.5. The third kappa shape index (κ3) is 9.45. The zero-order valence-electron chi connectivity index (χ0n) is 57.3. The van der Waals surface area contributed by atoms with Crippen molar-refractivity contribution in [2.24, 2.45) is 0 Å². The first kappa shape index (κ1) is 61.0. The summed E-state index contributed by atoms with van der Waals surface area (Å²) in [4.78, 5) is 12.7. The van der Waals surface area contributed by atoms with Crippen LogP contribution in [0, 0.1) is 0 Å². The molecule has 0 fully saturated rings. The van der Waals surface area contributed by atoms with Crippen molar-refractivity contribution in [2.45, 2.75) is 0 Å². The van der Waals surface area contributed by atoms with Crippen LogP contribution < -0.4 is 62.0 Å². The van der Waals surface area contributed by atoms with E-state index in [9.17, 15) is 0 Å². The fraction of sp³-hybridized carbons (Fsp3) is 0. The Kier molecular flexibility index (Phi) is 14.1. The quantitative estimate of drug-likeness (QED) is 0.120. The molecule has 4 aliphatic heterocycles. The van der Waals surface area contributed by atoms with E-state index in [1.165, 1.54) is 66.1 Å². The zero-order valence-corrected chi connectivity index (χ0v) is 60.8. The molecule has 0 bridgehead atoms. The van der Waals surface area contributed by atoms with Crippen LogP contribution in [0.2, 0.25) is 0 Å². The molecule has 0 saturated heterocycles. The Bertz CT molecular complexity index is 6460.